The highest BCUT2D eigenvalue weighted by atomic mass is 16.5. The highest BCUT2D eigenvalue weighted by Gasteiger charge is 2.25. The summed E-state index contributed by atoms with van der Waals surface area (Å²) in [4.78, 5) is 13.0. The minimum atomic E-state index is -0.0849. The van der Waals surface area contributed by atoms with Gasteiger partial charge in [-0.05, 0) is 55.7 Å². The first-order valence-electron chi connectivity index (χ1n) is 9.47. The third-order valence-electron chi connectivity index (χ3n) is 5.22. The molecule has 1 aliphatic carbocycles. The number of amides is 1. The lowest BCUT2D eigenvalue weighted by Crippen LogP contribution is -2.31. The summed E-state index contributed by atoms with van der Waals surface area (Å²) in [5, 5.41) is 10.9. The average Bonchev–Trinajstić information content (AvgIpc) is 3.11. The molecule has 3 aromatic rings. The van der Waals surface area contributed by atoms with Crippen molar-refractivity contribution in [3.63, 3.8) is 0 Å². The summed E-state index contributed by atoms with van der Waals surface area (Å²) in [6.07, 6.45) is 4.86. The number of aryl methyl sites for hydroxylation is 1. The van der Waals surface area contributed by atoms with E-state index in [0.29, 0.717) is 5.56 Å². The van der Waals surface area contributed by atoms with Gasteiger partial charge in [0.25, 0.3) is 5.91 Å². The zero-order valence-corrected chi connectivity index (χ0v) is 16.1. The molecule has 0 fully saturated rings. The number of fused-ring (bicyclic) bond motifs is 1. The predicted molar refractivity (Wildman–Crippen MR) is 109 cm³/mol. The third-order valence-corrected chi connectivity index (χ3v) is 5.22. The van der Waals surface area contributed by atoms with Crippen LogP contribution in [0.25, 0.3) is 0 Å². The van der Waals surface area contributed by atoms with E-state index in [1.807, 2.05) is 66.5 Å². The number of hydrogen-bond acceptors (Lipinski definition) is 4. The molecule has 1 unspecified atom stereocenters. The molecule has 1 amide bonds. The van der Waals surface area contributed by atoms with Crippen LogP contribution in [0.2, 0.25) is 0 Å². The maximum absolute atomic E-state index is 13.0. The fraction of sp³-hybridized carbons (Fsp3) is 0.273. The van der Waals surface area contributed by atoms with Gasteiger partial charge in [-0.25, -0.2) is 0 Å². The second-order valence-corrected chi connectivity index (χ2v) is 6.99. The van der Waals surface area contributed by atoms with E-state index in [-0.39, 0.29) is 11.9 Å². The van der Waals surface area contributed by atoms with Crippen LogP contribution in [-0.2, 0) is 13.5 Å². The molecule has 1 heterocycles. The SMILES string of the molecule is COc1ccc(Nc2ccccc2C(=O)NC2CCCc3c2cnn3C)cc1. The number of benzene rings is 2. The lowest BCUT2D eigenvalue weighted by Gasteiger charge is -2.24. The topological polar surface area (TPSA) is 68.2 Å². The molecule has 6 heteroatoms. The Kier molecular flexibility index (Phi) is 5.02. The molecule has 1 aromatic heterocycles. The second-order valence-electron chi connectivity index (χ2n) is 6.99. The molecule has 0 saturated carbocycles. The Hall–Kier alpha value is -3.28. The Balaban J connectivity index is 1.54. The van der Waals surface area contributed by atoms with Crippen molar-refractivity contribution in [3.8, 4) is 5.75 Å². The number of para-hydroxylation sites is 1. The van der Waals surface area contributed by atoms with Gasteiger partial charge >= 0.3 is 0 Å². The number of methoxy groups -OCH3 is 1. The van der Waals surface area contributed by atoms with Crippen LogP contribution in [0.5, 0.6) is 5.75 Å². The fourth-order valence-electron chi connectivity index (χ4n) is 3.71. The highest BCUT2D eigenvalue weighted by Crippen LogP contribution is 2.30. The number of nitrogens with zero attached hydrogens (tertiary/aromatic N) is 2. The highest BCUT2D eigenvalue weighted by molar-refractivity contribution is 6.00. The molecule has 6 nitrogen and oxygen atoms in total. The van der Waals surface area contributed by atoms with Crippen molar-refractivity contribution in [2.45, 2.75) is 25.3 Å². The van der Waals surface area contributed by atoms with E-state index < -0.39 is 0 Å². The second kappa shape index (κ2) is 7.76. The number of rotatable bonds is 5. The molecule has 0 bridgehead atoms. The van der Waals surface area contributed by atoms with E-state index in [9.17, 15) is 4.79 Å². The Morgan fingerprint density at radius 3 is 2.75 bits per heavy atom. The van der Waals surface area contributed by atoms with E-state index in [0.717, 1.165) is 42.0 Å². The Labute approximate surface area is 164 Å². The van der Waals surface area contributed by atoms with Gasteiger partial charge in [0, 0.05) is 24.0 Å². The van der Waals surface area contributed by atoms with Crippen LogP contribution in [0.1, 0.15) is 40.5 Å². The van der Waals surface area contributed by atoms with Gasteiger partial charge in [0.15, 0.2) is 0 Å². The van der Waals surface area contributed by atoms with Crippen LogP contribution in [0.15, 0.2) is 54.7 Å². The number of carbonyl (C=O) groups is 1. The lowest BCUT2D eigenvalue weighted by atomic mass is 9.92. The van der Waals surface area contributed by atoms with Crippen LogP contribution < -0.4 is 15.4 Å². The first kappa shape index (κ1) is 18.1. The molecule has 1 aliphatic rings. The molecule has 144 valence electrons. The largest absolute Gasteiger partial charge is 0.497 e. The Morgan fingerprint density at radius 1 is 1.18 bits per heavy atom. The van der Waals surface area contributed by atoms with Gasteiger partial charge in [-0.2, -0.15) is 5.10 Å². The van der Waals surface area contributed by atoms with E-state index in [1.54, 1.807) is 7.11 Å². The number of anilines is 2. The number of aromatic nitrogens is 2. The summed E-state index contributed by atoms with van der Waals surface area (Å²) in [5.74, 6) is 0.708. The lowest BCUT2D eigenvalue weighted by molar-refractivity contribution is 0.0933. The monoisotopic (exact) mass is 376 g/mol. The summed E-state index contributed by atoms with van der Waals surface area (Å²) >= 11 is 0. The number of ether oxygens (including phenoxy) is 1. The summed E-state index contributed by atoms with van der Waals surface area (Å²) in [6.45, 7) is 0. The fourth-order valence-corrected chi connectivity index (χ4v) is 3.71. The molecule has 0 radical (unpaired) electrons. The minimum absolute atomic E-state index is 0.000933. The van der Waals surface area contributed by atoms with Crippen molar-refractivity contribution >= 4 is 17.3 Å². The molecule has 0 spiro atoms. The van der Waals surface area contributed by atoms with Crippen LogP contribution in [0.4, 0.5) is 11.4 Å². The van der Waals surface area contributed by atoms with E-state index in [2.05, 4.69) is 15.7 Å². The molecule has 0 aliphatic heterocycles. The summed E-state index contributed by atoms with van der Waals surface area (Å²) in [6, 6.07) is 15.2. The minimum Gasteiger partial charge on any atom is -0.497 e. The van der Waals surface area contributed by atoms with Gasteiger partial charge in [-0.1, -0.05) is 12.1 Å². The van der Waals surface area contributed by atoms with Gasteiger partial charge in [-0.3, -0.25) is 9.48 Å². The third kappa shape index (κ3) is 3.58. The molecule has 28 heavy (non-hydrogen) atoms. The zero-order valence-electron chi connectivity index (χ0n) is 16.1. The van der Waals surface area contributed by atoms with Gasteiger partial charge in [0.05, 0.1) is 30.6 Å². The first-order chi connectivity index (χ1) is 13.7. The first-order valence-corrected chi connectivity index (χ1v) is 9.47. The van der Waals surface area contributed by atoms with Crippen molar-refractivity contribution in [1.82, 2.24) is 15.1 Å². The summed E-state index contributed by atoms with van der Waals surface area (Å²) < 4.78 is 7.11. The average molecular weight is 376 g/mol. The maximum atomic E-state index is 13.0. The van der Waals surface area contributed by atoms with Gasteiger partial charge in [0.1, 0.15) is 5.75 Å². The van der Waals surface area contributed by atoms with Crippen LogP contribution >= 0.6 is 0 Å². The number of nitrogens with one attached hydrogen (secondary N) is 2. The van der Waals surface area contributed by atoms with Crippen LogP contribution in [0.3, 0.4) is 0 Å². The van der Waals surface area contributed by atoms with Crippen LogP contribution in [0, 0.1) is 0 Å². The number of hydrogen-bond donors (Lipinski definition) is 2. The Morgan fingerprint density at radius 2 is 1.96 bits per heavy atom. The van der Waals surface area contributed by atoms with Gasteiger partial charge in [0.2, 0.25) is 0 Å². The Bertz CT molecular complexity index is 978. The molecular weight excluding hydrogens is 352 g/mol. The molecule has 1 atom stereocenters. The van der Waals surface area contributed by atoms with Crippen molar-refractivity contribution in [2.24, 2.45) is 7.05 Å². The predicted octanol–water partition coefficient (Wildman–Crippen LogP) is 3.98. The van der Waals surface area contributed by atoms with Gasteiger partial charge < -0.3 is 15.4 Å². The molecule has 0 saturated heterocycles. The normalized spacial score (nSPS) is 15.6. The van der Waals surface area contributed by atoms with E-state index in [1.165, 1.54) is 5.69 Å². The maximum Gasteiger partial charge on any atom is 0.253 e. The standard InChI is InChI=1S/C22H24N4O2/c1-26-21-9-5-8-20(18(21)14-23-26)25-22(27)17-6-3-4-7-19(17)24-15-10-12-16(28-2)13-11-15/h3-4,6-7,10-14,20,24H,5,8-9H2,1-2H3,(H,25,27). The smallest absolute Gasteiger partial charge is 0.253 e. The summed E-state index contributed by atoms with van der Waals surface area (Å²) in [7, 11) is 3.60. The molecule has 2 aromatic carbocycles. The molecule has 4 rings (SSSR count). The molecule has 2 N–H and O–H groups in total. The summed E-state index contributed by atoms with van der Waals surface area (Å²) in [5.41, 5.74) is 4.62. The molecular formula is C22H24N4O2. The van der Waals surface area contributed by atoms with Crippen molar-refractivity contribution in [2.75, 3.05) is 12.4 Å². The van der Waals surface area contributed by atoms with Crippen molar-refractivity contribution in [3.05, 3.63) is 71.5 Å². The van der Waals surface area contributed by atoms with Crippen molar-refractivity contribution in [1.29, 1.82) is 0 Å². The van der Waals surface area contributed by atoms with E-state index >= 15 is 0 Å². The number of carbonyl (C=O) groups excluding carboxylic acids is 1. The zero-order chi connectivity index (χ0) is 19.5. The van der Waals surface area contributed by atoms with E-state index in [4.69, 9.17) is 4.74 Å². The van der Waals surface area contributed by atoms with Crippen LogP contribution in [-0.4, -0.2) is 22.8 Å². The quantitative estimate of drug-likeness (QED) is 0.707. The van der Waals surface area contributed by atoms with Crippen molar-refractivity contribution < 1.29 is 9.53 Å². The van der Waals surface area contributed by atoms with Gasteiger partial charge in [-0.15, -0.1) is 0 Å².